The Hall–Kier alpha value is -1.00. The molecule has 0 heterocycles. The van der Waals surface area contributed by atoms with Gasteiger partial charge in [0.25, 0.3) is 0 Å². The minimum absolute atomic E-state index is 0.251. The molecule has 0 radical (unpaired) electrons. The van der Waals surface area contributed by atoms with Gasteiger partial charge < -0.3 is 10.2 Å². The Balaban J connectivity index is 3.06. The number of carboxylic acids is 1. The van der Waals surface area contributed by atoms with E-state index >= 15 is 0 Å². The summed E-state index contributed by atoms with van der Waals surface area (Å²) in [5.74, 6) is -1.38. The zero-order chi connectivity index (χ0) is 9.19. The normalized spacial score (nSPS) is 15.2. The van der Waals surface area contributed by atoms with Crippen molar-refractivity contribution in [2.24, 2.45) is 0 Å². The van der Waals surface area contributed by atoms with Crippen molar-refractivity contribution in [2.45, 2.75) is 4.93 Å². The summed E-state index contributed by atoms with van der Waals surface area (Å²) in [5, 5.41) is 17.9. The van der Waals surface area contributed by atoms with E-state index in [0.29, 0.717) is 0 Å². The van der Waals surface area contributed by atoms with E-state index in [4.69, 9.17) is 5.11 Å². The second kappa shape index (κ2) is 3.16. The SMILES string of the molecule is O=C(O)C(O)(S)c1ccccc1. The molecule has 1 unspecified atom stereocenters. The molecule has 1 rings (SSSR count). The summed E-state index contributed by atoms with van der Waals surface area (Å²) < 4.78 is 0. The Labute approximate surface area is 75.1 Å². The van der Waals surface area contributed by atoms with Crippen LogP contribution < -0.4 is 0 Å². The molecule has 1 aromatic rings. The van der Waals surface area contributed by atoms with Gasteiger partial charge in [-0.15, -0.1) is 12.6 Å². The maximum atomic E-state index is 10.5. The molecule has 1 aromatic carbocycles. The van der Waals surface area contributed by atoms with Gasteiger partial charge in [-0.05, 0) is 0 Å². The third-order valence-electron chi connectivity index (χ3n) is 1.47. The van der Waals surface area contributed by atoms with Gasteiger partial charge in [0.2, 0.25) is 4.93 Å². The van der Waals surface area contributed by atoms with Gasteiger partial charge in [-0.2, -0.15) is 0 Å². The topological polar surface area (TPSA) is 57.5 Å². The maximum Gasteiger partial charge on any atom is 0.351 e. The molecule has 0 bridgehead atoms. The van der Waals surface area contributed by atoms with Crippen molar-refractivity contribution in [2.75, 3.05) is 0 Å². The first-order valence-corrected chi connectivity index (χ1v) is 3.73. The van der Waals surface area contributed by atoms with Crippen molar-refractivity contribution < 1.29 is 15.0 Å². The summed E-state index contributed by atoms with van der Waals surface area (Å²) in [7, 11) is 0. The van der Waals surface area contributed by atoms with Gasteiger partial charge in [-0.3, -0.25) is 0 Å². The highest BCUT2D eigenvalue weighted by molar-refractivity contribution is 7.82. The first kappa shape index (κ1) is 9.09. The number of carbonyl (C=O) groups is 1. The Morgan fingerprint density at radius 3 is 2.25 bits per heavy atom. The zero-order valence-corrected chi connectivity index (χ0v) is 7.03. The molecule has 4 heteroatoms. The highest BCUT2D eigenvalue weighted by Gasteiger charge is 2.33. The summed E-state index contributed by atoms with van der Waals surface area (Å²) in [6, 6.07) is 8.01. The van der Waals surface area contributed by atoms with Gasteiger partial charge >= 0.3 is 5.97 Å². The van der Waals surface area contributed by atoms with Gasteiger partial charge in [0, 0.05) is 5.56 Å². The molecule has 12 heavy (non-hydrogen) atoms. The van der Waals surface area contributed by atoms with Gasteiger partial charge in [-0.25, -0.2) is 4.79 Å². The van der Waals surface area contributed by atoms with Crippen LogP contribution in [0.25, 0.3) is 0 Å². The molecule has 0 aliphatic carbocycles. The lowest BCUT2D eigenvalue weighted by Crippen LogP contribution is -2.28. The predicted molar refractivity (Wildman–Crippen MR) is 47.0 cm³/mol. The van der Waals surface area contributed by atoms with Crippen molar-refractivity contribution in [1.82, 2.24) is 0 Å². The zero-order valence-electron chi connectivity index (χ0n) is 6.14. The molecule has 0 fully saturated rings. The Kier molecular flexibility index (Phi) is 2.40. The summed E-state index contributed by atoms with van der Waals surface area (Å²) in [4.78, 5) is 8.40. The fourth-order valence-corrected chi connectivity index (χ4v) is 0.943. The van der Waals surface area contributed by atoms with Crippen LogP contribution in [0.5, 0.6) is 0 Å². The first-order chi connectivity index (χ1) is 5.55. The van der Waals surface area contributed by atoms with E-state index < -0.39 is 10.9 Å². The molecule has 0 spiro atoms. The third kappa shape index (κ3) is 1.60. The lowest BCUT2D eigenvalue weighted by Gasteiger charge is -2.16. The molecule has 64 valence electrons. The fraction of sp³-hybridized carbons (Fsp3) is 0.125. The number of hydrogen-bond donors (Lipinski definition) is 3. The first-order valence-electron chi connectivity index (χ1n) is 3.29. The molecular formula is C8H8O3S. The number of aliphatic hydroxyl groups is 1. The van der Waals surface area contributed by atoms with Gasteiger partial charge in [-0.1, -0.05) is 30.3 Å². The monoisotopic (exact) mass is 184 g/mol. The van der Waals surface area contributed by atoms with E-state index in [-0.39, 0.29) is 5.56 Å². The number of rotatable bonds is 2. The van der Waals surface area contributed by atoms with Crippen molar-refractivity contribution in [3.63, 3.8) is 0 Å². The standard InChI is InChI=1S/C8H8O3S/c9-7(10)8(11,12)6-4-2-1-3-5-6/h1-5,11-12H,(H,9,10). The lowest BCUT2D eigenvalue weighted by atomic mass is 10.1. The maximum absolute atomic E-state index is 10.5. The van der Waals surface area contributed by atoms with Crippen molar-refractivity contribution in [3.05, 3.63) is 35.9 Å². The molecule has 3 nitrogen and oxygen atoms in total. The number of carboxylic acid groups (broad SMARTS) is 1. The Morgan fingerprint density at radius 1 is 1.33 bits per heavy atom. The van der Waals surface area contributed by atoms with E-state index in [0.717, 1.165) is 0 Å². The molecule has 0 aliphatic rings. The van der Waals surface area contributed by atoms with Crippen LogP contribution in [0.3, 0.4) is 0 Å². The van der Waals surface area contributed by atoms with Crippen LogP contribution in [-0.4, -0.2) is 16.2 Å². The van der Waals surface area contributed by atoms with Crippen LogP contribution in [0, 0.1) is 0 Å². The van der Waals surface area contributed by atoms with Gasteiger partial charge in [0.1, 0.15) is 0 Å². The van der Waals surface area contributed by atoms with Crippen LogP contribution in [-0.2, 0) is 9.73 Å². The quantitative estimate of drug-likeness (QED) is 0.471. The highest BCUT2D eigenvalue weighted by Crippen LogP contribution is 2.24. The average molecular weight is 184 g/mol. The number of aliphatic carboxylic acids is 1. The molecule has 0 saturated heterocycles. The van der Waals surface area contributed by atoms with Crippen LogP contribution in [0.4, 0.5) is 0 Å². The largest absolute Gasteiger partial charge is 0.478 e. The van der Waals surface area contributed by atoms with E-state index in [1.807, 2.05) is 0 Å². The van der Waals surface area contributed by atoms with E-state index in [9.17, 15) is 9.90 Å². The number of thiol groups is 1. The van der Waals surface area contributed by atoms with Crippen LogP contribution in [0.1, 0.15) is 5.56 Å². The summed E-state index contributed by atoms with van der Waals surface area (Å²) in [5.41, 5.74) is 0.251. The van der Waals surface area contributed by atoms with E-state index in [1.54, 1.807) is 18.2 Å². The molecule has 0 aromatic heterocycles. The fourth-order valence-electron chi connectivity index (χ4n) is 0.794. The summed E-state index contributed by atoms with van der Waals surface area (Å²) in [6.45, 7) is 0. The molecule has 0 saturated carbocycles. The van der Waals surface area contributed by atoms with Crippen molar-refractivity contribution in [3.8, 4) is 0 Å². The lowest BCUT2D eigenvalue weighted by molar-refractivity contribution is -0.149. The smallest absolute Gasteiger partial charge is 0.351 e. The predicted octanol–water partition coefficient (Wildman–Crippen LogP) is 0.846. The van der Waals surface area contributed by atoms with Gasteiger partial charge in [0.05, 0.1) is 0 Å². The van der Waals surface area contributed by atoms with Crippen molar-refractivity contribution >= 4 is 18.6 Å². The van der Waals surface area contributed by atoms with E-state index in [1.165, 1.54) is 12.1 Å². The second-order valence-electron chi connectivity index (χ2n) is 2.34. The Bertz CT molecular complexity index is 282. The average Bonchev–Trinajstić information content (AvgIpc) is 2.06. The minimum atomic E-state index is -2.10. The molecule has 0 aliphatic heterocycles. The van der Waals surface area contributed by atoms with Crippen molar-refractivity contribution in [1.29, 1.82) is 0 Å². The third-order valence-corrected chi connectivity index (χ3v) is 1.92. The highest BCUT2D eigenvalue weighted by atomic mass is 32.1. The Morgan fingerprint density at radius 2 is 1.83 bits per heavy atom. The number of benzene rings is 1. The molecule has 2 N–H and O–H groups in total. The molecule has 1 atom stereocenters. The minimum Gasteiger partial charge on any atom is -0.478 e. The second-order valence-corrected chi connectivity index (χ2v) is 2.99. The van der Waals surface area contributed by atoms with Gasteiger partial charge in [0.15, 0.2) is 0 Å². The number of hydrogen-bond acceptors (Lipinski definition) is 3. The molecule has 0 amide bonds. The summed E-state index contributed by atoms with van der Waals surface area (Å²) >= 11 is 3.63. The summed E-state index contributed by atoms with van der Waals surface area (Å²) in [6.07, 6.45) is 0. The molecular weight excluding hydrogens is 176 g/mol. The van der Waals surface area contributed by atoms with Crippen LogP contribution in [0.15, 0.2) is 30.3 Å². The van der Waals surface area contributed by atoms with Crippen LogP contribution >= 0.6 is 12.6 Å². The van der Waals surface area contributed by atoms with E-state index in [2.05, 4.69) is 12.6 Å². The van der Waals surface area contributed by atoms with Crippen LogP contribution in [0.2, 0.25) is 0 Å².